The molecule has 3 nitrogen and oxygen atoms in total. The first-order chi connectivity index (χ1) is 5.46. The minimum absolute atomic E-state index is 0.0159. The summed E-state index contributed by atoms with van der Waals surface area (Å²) in [5, 5.41) is 0. The molecule has 1 saturated heterocycles. The van der Waals surface area contributed by atoms with Crippen LogP contribution in [0.15, 0.2) is 0 Å². The van der Waals surface area contributed by atoms with Crippen LogP contribution in [0.4, 0.5) is 0 Å². The second-order valence-corrected chi connectivity index (χ2v) is 5.77. The molecular formula is C6H18B2N3P. The van der Waals surface area contributed by atoms with Crippen LogP contribution in [0.5, 0.6) is 0 Å². The van der Waals surface area contributed by atoms with E-state index >= 15 is 0 Å². The van der Waals surface area contributed by atoms with Crippen molar-refractivity contribution in [1.29, 1.82) is 0 Å². The van der Waals surface area contributed by atoms with Crippen molar-refractivity contribution in [3.63, 3.8) is 0 Å². The van der Waals surface area contributed by atoms with E-state index in [0.717, 1.165) is 0 Å². The van der Waals surface area contributed by atoms with Crippen LogP contribution < -0.4 is 0 Å². The van der Waals surface area contributed by atoms with Gasteiger partial charge in [0.2, 0.25) is 0 Å². The zero-order valence-electron chi connectivity index (χ0n) is 8.94. The van der Waals surface area contributed by atoms with Gasteiger partial charge in [-0.15, -0.1) is 0 Å². The van der Waals surface area contributed by atoms with Crippen LogP contribution in [0.3, 0.4) is 0 Å². The molecule has 68 valence electrons. The van der Waals surface area contributed by atoms with Gasteiger partial charge >= 0.3 is 14.0 Å². The van der Waals surface area contributed by atoms with Gasteiger partial charge in [-0.2, -0.15) is 0 Å². The molecule has 0 aromatic carbocycles. The second-order valence-electron chi connectivity index (χ2n) is 3.67. The van der Waals surface area contributed by atoms with E-state index in [1.165, 1.54) is 0 Å². The highest BCUT2D eigenvalue weighted by Gasteiger charge is 2.43. The normalized spacial score (nSPS) is 23.2. The fourth-order valence-electron chi connectivity index (χ4n) is 1.79. The third kappa shape index (κ3) is 1.56. The van der Waals surface area contributed by atoms with E-state index in [0.29, 0.717) is 14.0 Å². The molecule has 0 unspecified atom stereocenters. The molecule has 6 heteroatoms. The molecule has 0 N–H and O–H groups in total. The minimum atomic E-state index is -0.0159. The molecule has 1 rings (SSSR count). The van der Waals surface area contributed by atoms with Gasteiger partial charge in [0.15, 0.2) is 0 Å². The van der Waals surface area contributed by atoms with Crippen molar-refractivity contribution in [3.8, 4) is 0 Å². The van der Waals surface area contributed by atoms with Crippen LogP contribution in [0.25, 0.3) is 0 Å². The van der Waals surface area contributed by atoms with Crippen LogP contribution >= 0.6 is 8.07 Å². The summed E-state index contributed by atoms with van der Waals surface area (Å²) in [4.78, 5) is 2.34. The topological polar surface area (TPSA) is 9.72 Å². The smallest absolute Gasteiger partial charge is 0.315 e. The molecule has 0 aromatic rings. The highest BCUT2D eigenvalue weighted by Crippen LogP contribution is 2.37. The van der Waals surface area contributed by atoms with Crippen molar-refractivity contribution < 1.29 is 0 Å². The monoisotopic (exact) mass is 185 g/mol. The molecule has 0 radical (unpaired) electrons. The predicted molar refractivity (Wildman–Crippen MR) is 59.4 cm³/mol. The Hall–Kier alpha value is 0.440. The average molecular weight is 185 g/mol. The standard InChI is InChI=1S/C6H18B2N3P/c1-7-9(3)8(2)11(10(7)4)12(5)6/h1-6H3. The lowest BCUT2D eigenvalue weighted by Gasteiger charge is -2.31. The van der Waals surface area contributed by atoms with Gasteiger partial charge in [-0.1, -0.05) is 13.6 Å². The SMILES string of the molecule is CB1N(C)B(C)N(P(C)C)N1C. The van der Waals surface area contributed by atoms with Crippen molar-refractivity contribution in [2.45, 2.75) is 13.6 Å². The van der Waals surface area contributed by atoms with E-state index in [4.69, 9.17) is 0 Å². The number of rotatable bonds is 1. The van der Waals surface area contributed by atoms with Gasteiger partial charge in [0.25, 0.3) is 0 Å². The number of hydrazine groups is 1. The lowest BCUT2D eigenvalue weighted by Crippen LogP contribution is -2.39. The highest BCUT2D eigenvalue weighted by molar-refractivity contribution is 7.55. The molecule has 0 aromatic heterocycles. The zero-order valence-corrected chi connectivity index (χ0v) is 9.84. The van der Waals surface area contributed by atoms with Gasteiger partial charge in [-0.05, 0) is 35.5 Å². The summed E-state index contributed by atoms with van der Waals surface area (Å²) in [5.41, 5.74) is 0. The summed E-state index contributed by atoms with van der Waals surface area (Å²) in [6.07, 6.45) is 0. The Morgan fingerprint density at radius 1 is 1.00 bits per heavy atom. The molecule has 1 aliphatic heterocycles. The molecule has 0 aliphatic carbocycles. The fourth-order valence-corrected chi connectivity index (χ4v) is 3.34. The summed E-state index contributed by atoms with van der Waals surface area (Å²) in [5.74, 6) is 0. The molecule has 0 atom stereocenters. The molecule has 1 heterocycles. The molecule has 0 spiro atoms. The molecular weight excluding hydrogens is 167 g/mol. The van der Waals surface area contributed by atoms with Gasteiger partial charge in [0, 0.05) is 0 Å². The van der Waals surface area contributed by atoms with Crippen LogP contribution in [-0.4, -0.2) is 55.7 Å². The van der Waals surface area contributed by atoms with E-state index in [1.54, 1.807) is 0 Å². The molecule has 0 bridgehead atoms. The van der Waals surface area contributed by atoms with Gasteiger partial charge in [-0.3, -0.25) is 9.61 Å². The molecule has 0 amide bonds. The van der Waals surface area contributed by atoms with E-state index in [-0.39, 0.29) is 8.07 Å². The van der Waals surface area contributed by atoms with Gasteiger partial charge < -0.3 is 4.72 Å². The van der Waals surface area contributed by atoms with Crippen molar-refractivity contribution in [2.75, 3.05) is 27.4 Å². The maximum absolute atomic E-state index is 2.47. The van der Waals surface area contributed by atoms with Crippen molar-refractivity contribution in [3.05, 3.63) is 0 Å². The first-order valence-electron chi connectivity index (χ1n) is 4.38. The number of nitrogens with zero attached hydrogens (tertiary/aromatic N) is 3. The van der Waals surface area contributed by atoms with Crippen molar-refractivity contribution >= 4 is 22.0 Å². The summed E-state index contributed by atoms with van der Waals surface area (Å²) in [7, 11) is 4.34. The first-order valence-corrected chi connectivity index (χ1v) is 6.57. The Morgan fingerprint density at radius 2 is 1.50 bits per heavy atom. The zero-order chi connectivity index (χ0) is 9.46. The average Bonchev–Trinajstić information content (AvgIpc) is 2.16. The van der Waals surface area contributed by atoms with Gasteiger partial charge in [-0.25, -0.2) is 0 Å². The third-order valence-corrected chi connectivity index (χ3v) is 4.22. The maximum atomic E-state index is 2.47. The molecule has 12 heavy (non-hydrogen) atoms. The van der Waals surface area contributed by atoms with E-state index in [9.17, 15) is 0 Å². The highest BCUT2D eigenvalue weighted by atomic mass is 31.1. The predicted octanol–water partition coefficient (Wildman–Crippen LogP) is 0.973. The third-order valence-electron chi connectivity index (χ3n) is 2.79. The molecule has 1 fully saturated rings. The second kappa shape index (κ2) is 3.67. The minimum Gasteiger partial charge on any atom is -0.357 e. The van der Waals surface area contributed by atoms with Crippen LogP contribution in [0.1, 0.15) is 0 Å². The Bertz CT molecular complexity index is 155. The Labute approximate surface area is 78.1 Å². The summed E-state index contributed by atoms with van der Waals surface area (Å²) in [6.45, 7) is 10.2. The summed E-state index contributed by atoms with van der Waals surface area (Å²) < 4.78 is 4.86. The Morgan fingerprint density at radius 3 is 1.67 bits per heavy atom. The van der Waals surface area contributed by atoms with Crippen molar-refractivity contribution in [2.24, 2.45) is 0 Å². The quantitative estimate of drug-likeness (QED) is 0.445. The number of hydrogen-bond acceptors (Lipinski definition) is 3. The van der Waals surface area contributed by atoms with Gasteiger partial charge in [0.1, 0.15) is 0 Å². The van der Waals surface area contributed by atoms with Crippen LogP contribution in [-0.2, 0) is 0 Å². The van der Waals surface area contributed by atoms with Crippen LogP contribution in [0.2, 0.25) is 13.6 Å². The molecule has 1 aliphatic rings. The van der Waals surface area contributed by atoms with E-state index in [1.807, 2.05) is 0 Å². The van der Waals surface area contributed by atoms with E-state index in [2.05, 4.69) is 55.4 Å². The Balaban J connectivity index is 2.76. The fraction of sp³-hybridized carbons (Fsp3) is 1.00. The van der Waals surface area contributed by atoms with Gasteiger partial charge in [0.05, 0.1) is 0 Å². The molecule has 0 saturated carbocycles. The summed E-state index contributed by atoms with van der Waals surface area (Å²) in [6, 6.07) is 0. The lowest BCUT2D eigenvalue weighted by molar-refractivity contribution is 0.338. The van der Waals surface area contributed by atoms with E-state index < -0.39 is 0 Å². The Kier molecular flexibility index (Phi) is 3.21. The van der Waals surface area contributed by atoms with Crippen LogP contribution in [0, 0.1) is 0 Å². The lowest BCUT2D eigenvalue weighted by atomic mass is 9.68. The largest absolute Gasteiger partial charge is 0.357 e. The number of hydrogen-bond donors (Lipinski definition) is 0. The van der Waals surface area contributed by atoms with Crippen molar-refractivity contribution in [1.82, 2.24) is 14.3 Å². The first kappa shape index (κ1) is 10.5. The summed E-state index contributed by atoms with van der Waals surface area (Å²) >= 11 is 0. The maximum Gasteiger partial charge on any atom is 0.315 e.